The summed E-state index contributed by atoms with van der Waals surface area (Å²) < 4.78 is 5.08. The quantitative estimate of drug-likeness (QED) is 0.568. The summed E-state index contributed by atoms with van der Waals surface area (Å²) in [6, 6.07) is 12.1. The predicted molar refractivity (Wildman–Crippen MR) is 109 cm³/mol. The average molecular weight is 390 g/mol. The summed E-state index contributed by atoms with van der Waals surface area (Å²) in [5.74, 6) is 0.195. The fourth-order valence-electron chi connectivity index (χ4n) is 2.38. The Labute approximate surface area is 164 Å². The molecule has 0 bridgehead atoms. The maximum absolute atomic E-state index is 12.1. The number of hydrogen-bond donors (Lipinski definition) is 3. The van der Waals surface area contributed by atoms with Gasteiger partial charge in [0.15, 0.2) is 0 Å². The molecule has 7 heteroatoms. The summed E-state index contributed by atoms with van der Waals surface area (Å²) >= 11 is 6.05. The van der Waals surface area contributed by atoms with Crippen LogP contribution in [0, 0.1) is 0 Å². The van der Waals surface area contributed by atoms with E-state index >= 15 is 0 Å². The maximum Gasteiger partial charge on any atom is 0.251 e. The van der Waals surface area contributed by atoms with Gasteiger partial charge in [0, 0.05) is 23.5 Å². The van der Waals surface area contributed by atoms with Gasteiger partial charge in [-0.2, -0.15) is 0 Å². The Hall–Kier alpha value is -2.73. The normalized spacial score (nSPS) is 10.2. The number of methoxy groups -OCH3 is 1. The first-order valence-corrected chi connectivity index (χ1v) is 9.16. The van der Waals surface area contributed by atoms with Gasteiger partial charge in [0.1, 0.15) is 5.75 Å². The van der Waals surface area contributed by atoms with Crippen molar-refractivity contribution in [2.75, 3.05) is 30.8 Å². The van der Waals surface area contributed by atoms with E-state index in [0.717, 1.165) is 12.8 Å². The van der Waals surface area contributed by atoms with E-state index in [4.69, 9.17) is 16.3 Å². The fourth-order valence-corrected chi connectivity index (χ4v) is 2.64. The highest BCUT2D eigenvalue weighted by molar-refractivity contribution is 6.32. The minimum Gasteiger partial charge on any atom is -0.495 e. The number of unbranched alkanes of at least 4 members (excludes halogenated alkanes) is 1. The summed E-state index contributed by atoms with van der Waals surface area (Å²) in [6.07, 6.45) is 1.97. The topological polar surface area (TPSA) is 79.5 Å². The summed E-state index contributed by atoms with van der Waals surface area (Å²) in [7, 11) is 1.53. The smallest absolute Gasteiger partial charge is 0.251 e. The number of carbonyl (C=O) groups excluding carboxylic acids is 2. The van der Waals surface area contributed by atoms with Crippen molar-refractivity contribution in [3.63, 3.8) is 0 Å². The van der Waals surface area contributed by atoms with Crippen LogP contribution in [-0.2, 0) is 4.79 Å². The lowest BCUT2D eigenvalue weighted by molar-refractivity contribution is -0.114. The van der Waals surface area contributed by atoms with Crippen LogP contribution in [0.4, 0.5) is 11.4 Å². The van der Waals surface area contributed by atoms with E-state index in [9.17, 15) is 9.59 Å². The maximum atomic E-state index is 12.1. The molecule has 0 aliphatic carbocycles. The number of amides is 2. The van der Waals surface area contributed by atoms with Gasteiger partial charge in [0.25, 0.3) is 5.91 Å². The largest absolute Gasteiger partial charge is 0.495 e. The molecule has 2 aromatic carbocycles. The molecule has 0 fully saturated rings. The third-order valence-corrected chi connectivity index (χ3v) is 4.12. The van der Waals surface area contributed by atoms with Gasteiger partial charge in [-0.25, -0.2) is 0 Å². The van der Waals surface area contributed by atoms with E-state index in [1.54, 1.807) is 42.5 Å². The number of anilines is 2. The zero-order valence-electron chi connectivity index (χ0n) is 15.5. The zero-order valence-corrected chi connectivity index (χ0v) is 16.2. The summed E-state index contributed by atoms with van der Waals surface area (Å²) in [5, 5.41) is 9.06. The minimum absolute atomic E-state index is 0.0601. The number of benzene rings is 2. The van der Waals surface area contributed by atoms with E-state index in [0.29, 0.717) is 34.3 Å². The van der Waals surface area contributed by atoms with Gasteiger partial charge in [-0.3, -0.25) is 9.59 Å². The summed E-state index contributed by atoms with van der Waals surface area (Å²) in [4.78, 5) is 24.2. The molecule has 2 amide bonds. The molecule has 0 radical (unpaired) electrons. The van der Waals surface area contributed by atoms with Crippen LogP contribution in [0.25, 0.3) is 0 Å². The highest BCUT2D eigenvalue weighted by Crippen LogP contribution is 2.27. The third-order valence-electron chi connectivity index (χ3n) is 3.83. The monoisotopic (exact) mass is 389 g/mol. The van der Waals surface area contributed by atoms with Crippen molar-refractivity contribution in [2.45, 2.75) is 19.8 Å². The Bertz CT molecular complexity index is 796. The van der Waals surface area contributed by atoms with Crippen molar-refractivity contribution in [3.05, 3.63) is 53.1 Å². The second-order valence-electron chi connectivity index (χ2n) is 5.94. The molecule has 0 aromatic heterocycles. The number of rotatable bonds is 9. The molecule has 0 aliphatic rings. The molecule has 144 valence electrons. The highest BCUT2D eigenvalue weighted by Gasteiger charge is 2.08. The van der Waals surface area contributed by atoms with Crippen molar-refractivity contribution < 1.29 is 14.3 Å². The van der Waals surface area contributed by atoms with E-state index in [1.807, 2.05) is 0 Å². The number of halogens is 1. The first kappa shape index (κ1) is 20.6. The van der Waals surface area contributed by atoms with E-state index in [-0.39, 0.29) is 18.4 Å². The molecular formula is C20H24ClN3O3. The molecular weight excluding hydrogens is 366 g/mol. The van der Waals surface area contributed by atoms with E-state index < -0.39 is 0 Å². The van der Waals surface area contributed by atoms with Gasteiger partial charge in [-0.05, 0) is 42.8 Å². The molecule has 0 heterocycles. The second-order valence-corrected chi connectivity index (χ2v) is 6.35. The standard InChI is InChI=1S/C20H24ClN3O3/c1-3-4-10-22-20(26)14-6-5-7-15(11-14)23-13-19(25)24-16-8-9-18(27-2)17(21)12-16/h5-9,11-12,23H,3-4,10,13H2,1-2H3,(H,22,26)(H,24,25). The number of nitrogens with one attached hydrogen (secondary N) is 3. The Morgan fingerprint density at radius 2 is 1.93 bits per heavy atom. The van der Waals surface area contributed by atoms with Gasteiger partial charge in [-0.15, -0.1) is 0 Å². The number of carbonyl (C=O) groups is 2. The molecule has 0 saturated heterocycles. The average Bonchev–Trinajstić information content (AvgIpc) is 2.67. The van der Waals surface area contributed by atoms with E-state index in [2.05, 4.69) is 22.9 Å². The molecule has 6 nitrogen and oxygen atoms in total. The minimum atomic E-state index is -0.228. The van der Waals surface area contributed by atoms with Crippen molar-refractivity contribution >= 4 is 34.8 Å². The summed E-state index contributed by atoms with van der Waals surface area (Å²) in [6.45, 7) is 2.78. The van der Waals surface area contributed by atoms with Crippen LogP contribution in [0.2, 0.25) is 5.02 Å². The van der Waals surface area contributed by atoms with Crippen molar-refractivity contribution in [2.24, 2.45) is 0 Å². The Balaban J connectivity index is 1.88. The number of ether oxygens (including phenoxy) is 1. The molecule has 0 atom stereocenters. The fraction of sp³-hybridized carbons (Fsp3) is 0.300. The van der Waals surface area contributed by atoms with Crippen LogP contribution in [-0.4, -0.2) is 32.0 Å². The molecule has 3 N–H and O–H groups in total. The van der Waals surface area contributed by atoms with Crippen molar-refractivity contribution in [1.29, 1.82) is 0 Å². The lowest BCUT2D eigenvalue weighted by Crippen LogP contribution is -2.25. The lowest BCUT2D eigenvalue weighted by Gasteiger charge is -2.10. The first-order valence-electron chi connectivity index (χ1n) is 8.79. The van der Waals surface area contributed by atoms with Crippen LogP contribution in [0.3, 0.4) is 0 Å². The van der Waals surface area contributed by atoms with Gasteiger partial charge >= 0.3 is 0 Å². The molecule has 0 unspecified atom stereocenters. The first-order chi connectivity index (χ1) is 13.0. The van der Waals surface area contributed by atoms with Gasteiger partial charge in [0.2, 0.25) is 5.91 Å². The SMILES string of the molecule is CCCCNC(=O)c1cccc(NCC(=O)Nc2ccc(OC)c(Cl)c2)c1. The highest BCUT2D eigenvalue weighted by atomic mass is 35.5. The van der Waals surface area contributed by atoms with E-state index in [1.165, 1.54) is 7.11 Å². The predicted octanol–water partition coefficient (Wildman–Crippen LogP) is 3.93. The van der Waals surface area contributed by atoms with Crippen LogP contribution < -0.4 is 20.7 Å². The molecule has 0 spiro atoms. The Morgan fingerprint density at radius 1 is 1.11 bits per heavy atom. The summed E-state index contributed by atoms with van der Waals surface area (Å²) in [5.41, 5.74) is 1.83. The Morgan fingerprint density at radius 3 is 2.63 bits per heavy atom. The van der Waals surface area contributed by atoms with Crippen LogP contribution in [0.1, 0.15) is 30.1 Å². The Kier molecular flexibility index (Phi) is 7.95. The second kappa shape index (κ2) is 10.4. The molecule has 2 rings (SSSR count). The third kappa shape index (κ3) is 6.49. The molecule has 0 saturated carbocycles. The van der Waals surface area contributed by atoms with Crippen molar-refractivity contribution in [1.82, 2.24) is 5.32 Å². The van der Waals surface area contributed by atoms with Crippen LogP contribution in [0.15, 0.2) is 42.5 Å². The van der Waals surface area contributed by atoms with Gasteiger partial charge < -0.3 is 20.7 Å². The van der Waals surface area contributed by atoms with Crippen LogP contribution >= 0.6 is 11.6 Å². The molecule has 27 heavy (non-hydrogen) atoms. The number of hydrogen-bond acceptors (Lipinski definition) is 4. The van der Waals surface area contributed by atoms with Crippen molar-refractivity contribution in [3.8, 4) is 5.75 Å². The molecule has 2 aromatic rings. The van der Waals surface area contributed by atoms with Crippen LogP contribution in [0.5, 0.6) is 5.75 Å². The lowest BCUT2D eigenvalue weighted by atomic mass is 10.2. The van der Waals surface area contributed by atoms with Gasteiger partial charge in [-0.1, -0.05) is 31.0 Å². The zero-order chi connectivity index (χ0) is 19.6. The van der Waals surface area contributed by atoms with Gasteiger partial charge in [0.05, 0.1) is 18.7 Å². The molecule has 0 aliphatic heterocycles.